The van der Waals surface area contributed by atoms with Gasteiger partial charge in [0.25, 0.3) is 0 Å². The maximum Gasteiger partial charge on any atom is 0.419 e. The first-order valence-corrected chi connectivity index (χ1v) is 7.56. The van der Waals surface area contributed by atoms with Gasteiger partial charge >= 0.3 is 6.18 Å². The first kappa shape index (κ1) is 18.4. The van der Waals surface area contributed by atoms with Gasteiger partial charge in [0.2, 0.25) is 5.82 Å². The van der Waals surface area contributed by atoms with E-state index in [9.17, 15) is 17.6 Å². The summed E-state index contributed by atoms with van der Waals surface area (Å²) in [6, 6.07) is 7.96. The van der Waals surface area contributed by atoms with E-state index in [1.54, 1.807) is 24.4 Å². The molecular formula is C16H12F4N6O. The summed E-state index contributed by atoms with van der Waals surface area (Å²) in [5.41, 5.74) is -1.61. The van der Waals surface area contributed by atoms with E-state index in [-0.39, 0.29) is 18.1 Å². The fourth-order valence-electron chi connectivity index (χ4n) is 2.22. The van der Waals surface area contributed by atoms with Gasteiger partial charge in [-0.05, 0) is 34.7 Å². The van der Waals surface area contributed by atoms with E-state index >= 15 is 0 Å². The van der Waals surface area contributed by atoms with Crippen LogP contribution in [-0.4, -0.2) is 30.9 Å². The maximum atomic E-state index is 14.5. The number of benzene rings is 1. The minimum atomic E-state index is -4.86. The molecule has 3 rings (SSSR count). The summed E-state index contributed by atoms with van der Waals surface area (Å²) in [6.45, 7) is -0.0732. The zero-order valence-electron chi connectivity index (χ0n) is 13.9. The quantitative estimate of drug-likeness (QED) is 0.386. The second-order valence-electron chi connectivity index (χ2n) is 5.33. The van der Waals surface area contributed by atoms with Crippen molar-refractivity contribution in [3.05, 3.63) is 71.1 Å². The van der Waals surface area contributed by atoms with E-state index in [1.807, 2.05) is 0 Å². The minimum Gasteiger partial charge on any atom is -0.389 e. The molecule has 140 valence electrons. The first-order chi connectivity index (χ1) is 12.9. The van der Waals surface area contributed by atoms with Gasteiger partial charge in [0.15, 0.2) is 12.3 Å². The van der Waals surface area contributed by atoms with Crippen LogP contribution in [0.4, 0.5) is 17.6 Å². The lowest BCUT2D eigenvalue weighted by molar-refractivity contribution is -0.140. The molecule has 0 fully saturated rings. The number of alkyl halides is 3. The van der Waals surface area contributed by atoms with Crippen molar-refractivity contribution >= 4 is 5.71 Å². The van der Waals surface area contributed by atoms with E-state index in [0.29, 0.717) is 11.8 Å². The molecule has 3 aromatic rings. The Balaban J connectivity index is 2.01. The Labute approximate surface area is 150 Å². The van der Waals surface area contributed by atoms with Crippen molar-refractivity contribution in [3.63, 3.8) is 0 Å². The molecule has 0 saturated carbocycles. The van der Waals surface area contributed by atoms with Crippen LogP contribution in [0, 0.1) is 5.82 Å². The number of aromatic nitrogens is 5. The number of pyridine rings is 1. The largest absolute Gasteiger partial charge is 0.419 e. The molecule has 0 radical (unpaired) electrons. The van der Waals surface area contributed by atoms with Crippen LogP contribution in [0.2, 0.25) is 0 Å². The lowest BCUT2D eigenvalue weighted by atomic mass is 10.0. The standard InChI is InChI=1S/C16H12F4N6O/c1-26-15(22-24-25-26)14(23-27-9-10-5-2-3-8-21-10)11-6-4-7-12(13(11)17)16(18,19)20/h2-8H,9H2,1H3. The fraction of sp³-hybridized carbons (Fsp3) is 0.188. The molecule has 0 aliphatic rings. The Morgan fingerprint density at radius 3 is 2.63 bits per heavy atom. The SMILES string of the molecule is Cn1nnnc1C(=NOCc1ccccn1)c1cccc(C(F)(F)F)c1F. The summed E-state index contributed by atoms with van der Waals surface area (Å²) < 4.78 is 54.8. The average Bonchev–Trinajstić information content (AvgIpc) is 3.05. The molecular weight excluding hydrogens is 368 g/mol. The summed E-state index contributed by atoms with van der Waals surface area (Å²) in [4.78, 5) is 9.19. The normalized spacial score (nSPS) is 12.3. The fourth-order valence-corrected chi connectivity index (χ4v) is 2.22. The zero-order valence-corrected chi connectivity index (χ0v) is 13.9. The molecule has 0 bridgehead atoms. The molecule has 0 aliphatic heterocycles. The van der Waals surface area contributed by atoms with Crippen molar-refractivity contribution in [1.82, 2.24) is 25.2 Å². The number of aryl methyl sites for hydroxylation is 1. The smallest absolute Gasteiger partial charge is 0.389 e. The van der Waals surface area contributed by atoms with E-state index < -0.39 is 23.1 Å². The van der Waals surface area contributed by atoms with E-state index in [4.69, 9.17) is 4.84 Å². The van der Waals surface area contributed by atoms with Crippen molar-refractivity contribution in [3.8, 4) is 0 Å². The van der Waals surface area contributed by atoms with Crippen LogP contribution in [0.15, 0.2) is 47.8 Å². The lowest BCUT2D eigenvalue weighted by Gasteiger charge is -2.12. The van der Waals surface area contributed by atoms with Gasteiger partial charge in [-0.25, -0.2) is 9.07 Å². The Kier molecular flexibility index (Phi) is 5.10. The summed E-state index contributed by atoms with van der Waals surface area (Å²) in [7, 11) is 1.44. The van der Waals surface area contributed by atoms with Gasteiger partial charge < -0.3 is 4.84 Å². The van der Waals surface area contributed by atoms with E-state index in [2.05, 4.69) is 25.7 Å². The number of tetrazole rings is 1. The average molecular weight is 380 g/mol. The number of halogens is 4. The van der Waals surface area contributed by atoms with Crippen molar-refractivity contribution in [2.45, 2.75) is 12.8 Å². The maximum absolute atomic E-state index is 14.5. The highest BCUT2D eigenvalue weighted by molar-refractivity contribution is 6.10. The molecule has 0 amide bonds. The summed E-state index contributed by atoms with van der Waals surface area (Å²) in [5, 5.41) is 14.5. The van der Waals surface area contributed by atoms with Gasteiger partial charge in [-0.2, -0.15) is 13.2 Å². The van der Waals surface area contributed by atoms with Crippen LogP contribution in [0.25, 0.3) is 0 Å². The van der Waals surface area contributed by atoms with Gasteiger partial charge in [-0.15, -0.1) is 5.10 Å². The molecule has 0 spiro atoms. The second kappa shape index (κ2) is 7.48. The third-order valence-electron chi connectivity index (χ3n) is 3.49. The lowest BCUT2D eigenvalue weighted by Crippen LogP contribution is -2.17. The third-order valence-corrected chi connectivity index (χ3v) is 3.49. The highest BCUT2D eigenvalue weighted by Gasteiger charge is 2.36. The predicted molar refractivity (Wildman–Crippen MR) is 84.9 cm³/mol. The van der Waals surface area contributed by atoms with Crippen molar-refractivity contribution in [2.24, 2.45) is 12.2 Å². The predicted octanol–water partition coefficient (Wildman–Crippen LogP) is 2.73. The molecule has 0 saturated heterocycles. The summed E-state index contributed by atoms with van der Waals surface area (Å²) >= 11 is 0. The number of rotatable bonds is 5. The van der Waals surface area contributed by atoms with Crippen molar-refractivity contribution in [1.29, 1.82) is 0 Å². The Bertz CT molecular complexity index is 955. The van der Waals surface area contributed by atoms with E-state index in [1.165, 1.54) is 7.05 Å². The zero-order chi connectivity index (χ0) is 19.4. The van der Waals surface area contributed by atoms with Gasteiger partial charge in [0.1, 0.15) is 5.82 Å². The molecule has 2 heterocycles. The first-order valence-electron chi connectivity index (χ1n) is 7.56. The molecule has 27 heavy (non-hydrogen) atoms. The van der Waals surface area contributed by atoms with Gasteiger partial charge in [-0.3, -0.25) is 4.98 Å². The van der Waals surface area contributed by atoms with Crippen molar-refractivity contribution in [2.75, 3.05) is 0 Å². The Morgan fingerprint density at radius 1 is 1.19 bits per heavy atom. The molecule has 0 N–H and O–H groups in total. The monoisotopic (exact) mass is 380 g/mol. The molecule has 1 aromatic carbocycles. The van der Waals surface area contributed by atoms with E-state index in [0.717, 1.165) is 16.8 Å². The van der Waals surface area contributed by atoms with Crippen LogP contribution in [-0.2, 0) is 24.7 Å². The molecule has 0 atom stereocenters. The van der Waals surface area contributed by atoms with Crippen LogP contribution in [0.5, 0.6) is 0 Å². The second-order valence-corrected chi connectivity index (χ2v) is 5.33. The van der Waals surface area contributed by atoms with Gasteiger partial charge in [-0.1, -0.05) is 17.3 Å². The van der Waals surface area contributed by atoms with Crippen molar-refractivity contribution < 1.29 is 22.4 Å². The molecule has 2 aromatic heterocycles. The van der Waals surface area contributed by atoms with Gasteiger partial charge in [0, 0.05) is 18.8 Å². The number of nitrogens with zero attached hydrogens (tertiary/aromatic N) is 6. The summed E-state index contributed by atoms with van der Waals surface area (Å²) in [5.74, 6) is -1.55. The minimum absolute atomic E-state index is 0.0609. The van der Waals surface area contributed by atoms with Gasteiger partial charge in [0.05, 0.1) is 11.3 Å². The van der Waals surface area contributed by atoms with Crippen LogP contribution >= 0.6 is 0 Å². The number of hydrogen-bond acceptors (Lipinski definition) is 6. The highest BCUT2D eigenvalue weighted by atomic mass is 19.4. The molecule has 11 heteroatoms. The van der Waals surface area contributed by atoms with Crippen LogP contribution in [0.1, 0.15) is 22.6 Å². The number of hydrogen-bond donors (Lipinski definition) is 0. The third kappa shape index (κ3) is 4.07. The highest BCUT2D eigenvalue weighted by Crippen LogP contribution is 2.33. The Morgan fingerprint density at radius 2 is 2.00 bits per heavy atom. The van der Waals surface area contributed by atoms with Crippen LogP contribution < -0.4 is 0 Å². The molecule has 7 nitrogen and oxygen atoms in total. The number of oxime groups is 1. The Hall–Kier alpha value is -3.37. The summed E-state index contributed by atoms with van der Waals surface area (Å²) in [6.07, 6.45) is -3.32. The topological polar surface area (TPSA) is 78.1 Å². The van der Waals surface area contributed by atoms with Crippen LogP contribution in [0.3, 0.4) is 0 Å². The molecule has 0 aliphatic carbocycles. The molecule has 0 unspecified atom stereocenters.